The highest BCUT2D eigenvalue weighted by Gasteiger charge is 2.38. The highest BCUT2D eigenvalue weighted by Crippen LogP contribution is 2.28. The minimum atomic E-state index is -0.956. The zero-order valence-corrected chi connectivity index (χ0v) is 13.6. The number of rotatable bonds is 5. The summed E-state index contributed by atoms with van der Waals surface area (Å²) in [5.41, 5.74) is 0.973. The van der Waals surface area contributed by atoms with Crippen LogP contribution in [0.4, 0.5) is 0 Å². The molecule has 1 saturated heterocycles. The van der Waals surface area contributed by atoms with Gasteiger partial charge in [-0.1, -0.05) is 12.1 Å². The van der Waals surface area contributed by atoms with Crippen molar-refractivity contribution in [1.82, 2.24) is 10.2 Å². The Labute approximate surface area is 128 Å². The molecular formula is C15H22N2O3S. The molecule has 4 unspecified atom stereocenters. The van der Waals surface area contributed by atoms with E-state index in [1.807, 2.05) is 38.1 Å². The number of nitrogens with one attached hydrogen (secondary N) is 1. The Morgan fingerprint density at radius 1 is 1.48 bits per heavy atom. The number of carbonyl (C=O) groups is 1. The first kappa shape index (κ1) is 16.0. The lowest BCUT2D eigenvalue weighted by Gasteiger charge is -2.27. The van der Waals surface area contributed by atoms with Crippen LogP contribution in [0.15, 0.2) is 24.3 Å². The van der Waals surface area contributed by atoms with E-state index in [0.29, 0.717) is 6.54 Å². The molecule has 1 aromatic carbocycles. The zero-order chi connectivity index (χ0) is 15.6. The minimum absolute atomic E-state index is 0.0418. The molecule has 0 aromatic heterocycles. The van der Waals surface area contributed by atoms with Crippen LogP contribution < -0.4 is 10.1 Å². The van der Waals surface area contributed by atoms with Crippen LogP contribution in [-0.4, -0.2) is 46.2 Å². The number of hydrogen-bond donors (Lipinski definition) is 1. The average Bonchev–Trinajstić information content (AvgIpc) is 2.75. The van der Waals surface area contributed by atoms with Gasteiger partial charge in [-0.15, -0.1) is 0 Å². The second kappa shape index (κ2) is 6.58. The van der Waals surface area contributed by atoms with E-state index in [4.69, 9.17) is 4.74 Å². The quantitative estimate of drug-likeness (QED) is 0.890. The Hall–Kier alpha value is -1.40. The Balaban J connectivity index is 2.26. The lowest BCUT2D eigenvalue weighted by molar-refractivity contribution is -0.129. The van der Waals surface area contributed by atoms with Crippen molar-refractivity contribution in [3.05, 3.63) is 29.8 Å². The van der Waals surface area contributed by atoms with Gasteiger partial charge in [0.1, 0.15) is 11.9 Å². The molecule has 4 atom stereocenters. The van der Waals surface area contributed by atoms with Gasteiger partial charge in [0.25, 0.3) is 0 Å². The van der Waals surface area contributed by atoms with Crippen LogP contribution >= 0.6 is 0 Å². The van der Waals surface area contributed by atoms with Gasteiger partial charge in [-0.3, -0.25) is 14.3 Å². The van der Waals surface area contributed by atoms with E-state index in [0.717, 1.165) is 11.3 Å². The molecule has 1 aliphatic heterocycles. The number of amides is 1. The van der Waals surface area contributed by atoms with E-state index >= 15 is 0 Å². The molecule has 5 nitrogen and oxygen atoms in total. The number of nitrogens with zero attached hydrogens (tertiary/aromatic N) is 1. The van der Waals surface area contributed by atoms with Gasteiger partial charge in [0, 0.05) is 28.9 Å². The monoisotopic (exact) mass is 310 g/mol. The maximum absolute atomic E-state index is 12.3. The standard InChI is InChI=1S/C15H22N2O3S/c1-10(21(4)19)9-17-14(16-11(2)15(17)18)12-6-5-7-13(8-12)20-3/h5-8,10-11,14,16H,9H2,1-4H3. The van der Waals surface area contributed by atoms with Gasteiger partial charge in [0.15, 0.2) is 0 Å². The largest absolute Gasteiger partial charge is 0.497 e. The first-order valence-electron chi connectivity index (χ1n) is 6.96. The molecule has 1 fully saturated rings. The number of carbonyl (C=O) groups excluding carboxylic acids is 1. The van der Waals surface area contributed by atoms with Gasteiger partial charge >= 0.3 is 0 Å². The summed E-state index contributed by atoms with van der Waals surface area (Å²) < 4.78 is 16.8. The summed E-state index contributed by atoms with van der Waals surface area (Å²) in [5.74, 6) is 0.800. The van der Waals surface area contributed by atoms with Crippen LogP contribution in [-0.2, 0) is 15.6 Å². The Kier molecular flexibility index (Phi) is 5.00. The molecule has 0 aliphatic carbocycles. The van der Waals surface area contributed by atoms with E-state index < -0.39 is 10.8 Å². The highest BCUT2D eigenvalue weighted by molar-refractivity contribution is 7.84. The van der Waals surface area contributed by atoms with Crippen LogP contribution in [0.3, 0.4) is 0 Å². The Bertz CT molecular complexity index is 549. The van der Waals surface area contributed by atoms with Gasteiger partial charge in [0.05, 0.1) is 13.2 Å². The second-order valence-electron chi connectivity index (χ2n) is 5.37. The van der Waals surface area contributed by atoms with E-state index in [2.05, 4.69) is 5.32 Å². The summed E-state index contributed by atoms with van der Waals surface area (Å²) >= 11 is 0. The maximum atomic E-state index is 12.3. The predicted octanol–water partition coefficient (Wildman–Crippen LogP) is 1.28. The van der Waals surface area contributed by atoms with E-state index in [1.165, 1.54) is 0 Å². The van der Waals surface area contributed by atoms with Crippen LogP contribution in [0.2, 0.25) is 0 Å². The molecule has 116 valence electrons. The smallest absolute Gasteiger partial charge is 0.241 e. The summed E-state index contributed by atoms with van der Waals surface area (Å²) in [6, 6.07) is 7.43. The number of ether oxygens (including phenoxy) is 1. The average molecular weight is 310 g/mol. The van der Waals surface area contributed by atoms with Crippen LogP contribution in [0, 0.1) is 0 Å². The number of methoxy groups -OCH3 is 1. The molecule has 0 spiro atoms. The second-order valence-corrected chi connectivity index (χ2v) is 7.17. The molecule has 0 radical (unpaired) electrons. The highest BCUT2D eigenvalue weighted by atomic mass is 32.2. The van der Waals surface area contributed by atoms with E-state index in [-0.39, 0.29) is 23.4 Å². The number of hydrogen-bond acceptors (Lipinski definition) is 4. The topological polar surface area (TPSA) is 58.6 Å². The van der Waals surface area contributed by atoms with Crippen LogP contribution in [0.1, 0.15) is 25.6 Å². The molecule has 0 bridgehead atoms. The fourth-order valence-corrected chi connectivity index (χ4v) is 2.81. The third-order valence-electron chi connectivity index (χ3n) is 3.80. The van der Waals surface area contributed by atoms with Crippen molar-refractivity contribution >= 4 is 16.7 Å². The van der Waals surface area contributed by atoms with Crippen molar-refractivity contribution in [3.63, 3.8) is 0 Å². The van der Waals surface area contributed by atoms with Gasteiger partial charge in [-0.2, -0.15) is 0 Å². The van der Waals surface area contributed by atoms with Gasteiger partial charge < -0.3 is 9.64 Å². The first-order chi connectivity index (χ1) is 9.93. The van der Waals surface area contributed by atoms with Gasteiger partial charge in [-0.05, 0) is 31.5 Å². The summed E-state index contributed by atoms with van der Waals surface area (Å²) in [5, 5.41) is 3.23. The summed E-state index contributed by atoms with van der Waals surface area (Å²) in [6.45, 7) is 4.22. The fourth-order valence-electron chi connectivity index (χ4n) is 2.44. The molecule has 0 saturated carbocycles. The van der Waals surface area contributed by atoms with Crippen molar-refractivity contribution in [2.75, 3.05) is 19.9 Å². The third-order valence-corrected chi connectivity index (χ3v) is 5.09. The summed E-state index contributed by atoms with van der Waals surface area (Å²) in [6.07, 6.45) is 1.47. The fraction of sp³-hybridized carbons (Fsp3) is 0.533. The molecule has 1 aliphatic rings. The van der Waals surface area contributed by atoms with Crippen molar-refractivity contribution < 1.29 is 13.7 Å². The third kappa shape index (κ3) is 3.44. The molecule has 1 amide bonds. The van der Waals surface area contributed by atoms with E-state index in [1.54, 1.807) is 18.3 Å². The normalized spacial score (nSPS) is 25.0. The SMILES string of the molecule is COc1cccc(C2NC(C)C(=O)N2CC(C)S(C)=O)c1. The van der Waals surface area contributed by atoms with E-state index in [9.17, 15) is 9.00 Å². The first-order valence-corrected chi connectivity index (χ1v) is 8.59. The Morgan fingerprint density at radius 3 is 2.81 bits per heavy atom. The van der Waals surface area contributed by atoms with Crippen LogP contribution in [0.5, 0.6) is 5.75 Å². The zero-order valence-electron chi connectivity index (χ0n) is 12.8. The van der Waals surface area contributed by atoms with Crippen molar-refractivity contribution in [2.45, 2.75) is 31.3 Å². The van der Waals surface area contributed by atoms with Crippen molar-refractivity contribution in [3.8, 4) is 5.75 Å². The van der Waals surface area contributed by atoms with Gasteiger partial charge in [-0.25, -0.2) is 0 Å². The summed E-state index contributed by atoms with van der Waals surface area (Å²) in [4.78, 5) is 14.1. The van der Waals surface area contributed by atoms with Crippen LogP contribution in [0.25, 0.3) is 0 Å². The summed E-state index contributed by atoms with van der Waals surface area (Å²) in [7, 11) is 0.664. The predicted molar refractivity (Wildman–Crippen MR) is 83.6 cm³/mol. The molecule has 1 N–H and O–H groups in total. The molecule has 1 heterocycles. The Morgan fingerprint density at radius 2 is 2.19 bits per heavy atom. The maximum Gasteiger partial charge on any atom is 0.241 e. The van der Waals surface area contributed by atoms with Gasteiger partial charge in [0.2, 0.25) is 5.91 Å². The molecule has 1 aromatic rings. The molecule has 2 rings (SSSR count). The molecule has 6 heteroatoms. The number of benzene rings is 1. The van der Waals surface area contributed by atoms with Crippen molar-refractivity contribution in [2.24, 2.45) is 0 Å². The molecule has 21 heavy (non-hydrogen) atoms. The molecular weight excluding hydrogens is 288 g/mol. The minimum Gasteiger partial charge on any atom is -0.497 e. The van der Waals surface area contributed by atoms with Crippen molar-refractivity contribution in [1.29, 1.82) is 0 Å². The lowest BCUT2D eigenvalue weighted by Crippen LogP contribution is -2.37. The lowest BCUT2D eigenvalue weighted by atomic mass is 10.1.